The third-order valence-corrected chi connectivity index (χ3v) is 4.97. The van der Waals surface area contributed by atoms with E-state index in [1.165, 1.54) is 18.4 Å². The number of amides is 1. The molecule has 0 fully saturated rings. The molecule has 0 spiro atoms. The number of nitrogens with zero attached hydrogens (tertiary/aromatic N) is 2. The first-order valence-electron chi connectivity index (χ1n) is 8.04. The van der Waals surface area contributed by atoms with E-state index in [-0.39, 0.29) is 18.7 Å². The van der Waals surface area contributed by atoms with E-state index in [1.807, 2.05) is 16.8 Å². The number of nitrogens with one attached hydrogen (secondary N) is 1. The summed E-state index contributed by atoms with van der Waals surface area (Å²) in [5.74, 6) is 0.00498. The number of hydrogen-bond donors (Lipinski definition) is 1. The largest absolute Gasteiger partial charge is 0.467 e. The Morgan fingerprint density at radius 2 is 2.07 bits per heavy atom. The molecule has 1 unspecified atom stereocenters. The van der Waals surface area contributed by atoms with Gasteiger partial charge in [-0.2, -0.15) is 16.3 Å². The van der Waals surface area contributed by atoms with Crippen LogP contribution in [0.15, 0.2) is 50.1 Å². The topological polar surface area (TPSA) is 94.3 Å². The molecule has 0 aliphatic carbocycles. The number of halogens is 1. The van der Waals surface area contributed by atoms with Crippen LogP contribution < -0.4 is 5.32 Å². The van der Waals surface area contributed by atoms with E-state index in [1.54, 1.807) is 24.3 Å². The molecule has 0 bridgehead atoms. The average Bonchev–Trinajstić information content (AvgIpc) is 3.36. The Bertz CT molecular complexity index is 909. The first kappa shape index (κ1) is 19.2. The van der Waals surface area contributed by atoms with Crippen LogP contribution in [0.5, 0.6) is 0 Å². The second-order valence-corrected chi connectivity index (χ2v) is 7.29. The van der Waals surface area contributed by atoms with Gasteiger partial charge >= 0.3 is 5.97 Å². The second kappa shape index (κ2) is 8.92. The molecule has 2 heterocycles. The van der Waals surface area contributed by atoms with Gasteiger partial charge in [0.2, 0.25) is 17.6 Å². The summed E-state index contributed by atoms with van der Waals surface area (Å²) >= 11 is 4.88. The van der Waals surface area contributed by atoms with E-state index in [9.17, 15) is 9.59 Å². The molecule has 0 saturated heterocycles. The lowest BCUT2D eigenvalue weighted by atomic mass is 10.1. The molecule has 0 aliphatic heterocycles. The standard InChI is InChI=1S/C18H16BrN3O4S/c1-25-18(24)16(11-2-4-13(19)5-3-11)20-14(23)6-7-15-21-17(22-26-15)12-8-9-27-10-12/h2-5,8-10,16H,6-7H2,1H3,(H,20,23). The Hall–Kier alpha value is -2.52. The molecule has 2 aromatic heterocycles. The molecule has 27 heavy (non-hydrogen) atoms. The zero-order chi connectivity index (χ0) is 19.2. The van der Waals surface area contributed by atoms with Gasteiger partial charge < -0.3 is 14.6 Å². The van der Waals surface area contributed by atoms with Crippen LogP contribution in [-0.4, -0.2) is 29.1 Å². The Kier molecular flexibility index (Phi) is 6.36. The summed E-state index contributed by atoms with van der Waals surface area (Å²) in [5, 5.41) is 10.4. The molecule has 0 saturated carbocycles. The van der Waals surface area contributed by atoms with E-state index in [0.717, 1.165) is 10.0 Å². The van der Waals surface area contributed by atoms with Crippen molar-refractivity contribution in [1.82, 2.24) is 15.5 Å². The number of esters is 1. The van der Waals surface area contributed by atoms with Gasteiger partial charge in [-0.3, -0.25) is 4.79 Å². The highest BCUT2D eigenvalue weighted by molar-refractivity contribution is 9.10. The lowest BCUT2D eigenvalue weighted by Crippen LogP contribution is -2.34. The maximum atomic E-state index is 12.3. The second-order valence-electron chi connectivity index (χ2n) is 5.60. The fourth-order valence-electron chi connectivity index (χ4n) is 2.37. The number of hydrogen-bond acceptors (Lipinski definition) is 7. The van der Waals surface area contributed by atoms with Crippen LogP contribution in [-0.2, 0) is 20.7 Å². The van der Waals surface area contributed by atoms with Crippen LogP contribution in [0.3, 0.4) is 0 Å². The van der Waals surface area contributed by atoms with Crippen molar-refractivity contribution in [2.45, 2.75) is 18.9 Å². The Balaban J connectivity index is 1.61. The van der Waals surface area contributed by atoms with E-state index in [2.05, 4.69) is 31.4 Å². The number of rotatable bonds is 7. The highest BCUT2D eigenvalue weighted by Gasteiger charge is 2.23. The van der Waals surface area contributed by atoms with Crippen LogP contribution in [0.25, 0.3) is 11.4 Å². The molecule has 3 aromatic rings. The van der Waals surface area contributed by atoms with Gasteiger partial charge in [-0.05, 0) is 29.1 Å². The fourth-order valence-corrected chi connectivity index (χ4v) is 3.27. The molecule has 140 valence electrons. The van der Waals surface area contributed by atoms with Crippen LogP contribution in [0.1, 0.15) is 23.9 Å². The first-order chi connectivity index (χ1) is 13.1. The van der Waals surface area contributed by atoms with Crippen molar-refractivity contribution in [3.63, 3.8) is 0 Å². The van der Waals surface area contributed by atoms with Crippen LogP contribution in [0, 0.1) is 0 Å². The van der Waals surface area contributed by atoms with E-state index < -0.39 is 12.0 Å². The number of benzene rings is 1. The van der Waals surface area contributed by atoms with Gasteiger partial charge in [-0.1, -0.05) is 33.2 Å². The molecule has 1 amide bonds. The van der Waals surface area contributed by atoms with Crippen LogP contribution >= 0.6 is 27.3 Å². The molecular formula is C18H16BrN3O4S. The predicted molar refractivity (Wildman–Crippen MR) is 103 cm³/mol. The molecule has 7 nitrogen and oxygen atoms in total. The highest BCUT2D eigenvalue weighted by Crippen LogP contribution is 2.20. The van der Waals surface area contributed by atoms with E-state index >= 15 is 0 Å². The molecule has 0 aliphatic rings. The molecule has 0 radical (unpaired) electrons. The van der Waals surface area contributed by atoms with Crippen molar-refractivity contribution in [1.29, 1.82) is 0 Å². The number of carbonyl (C=O) groups excluding carboxylic acids is 2. The van der Waals surface area contributed by atoms with Gasteiger partial charge in [0.15, 0.2) is 6.04 Å². The Morgan fingerprint density at radius 1 is 1.30 bits per heavy atom. The van der Waals surface area contributed by atoms with Crippen molar-refractivity contribution in [2.24, 2.45) is 0 Å². The van der Waals surface area contributed by atoms with Gasteiger partial charge in [0, 0.05) is 28.3 Å². The molecule has 9 heteroatoms. The SMILES string of the molecule is COC(=O)C(NC(=O)CCc1nc(-c2ccsc2)no1)c1ccc(Br)cc1. The molecular weight excluding hydrogens is 434 g/mol. The molecule has 1 aromatic carbocycles. The summed E-state index contributed by atoms with van der Waals surface area (Å²) in [7, 11) is 1.28. The summed E-state index contributed by atoms with van der Waals surface area (Å²) in [4.78, 5) is 28.6. The summed E-state index contributed by atoms with van der Waals surface area (Å²) in [6.45, 7) is 0. The summed E-state index contributed by atoms with van der Waals surface area (Å²) in [6.07, 6.45) is 0.381. The fraction of sp³-hybridized carbons (Fsp3) is 0.222. The maximum absolute atomic E-state index is 12.3. The lowest BCUT2D eigenvalue weighted by molar-refractivity contribution is -0.145. The normalized spacial score (nSPS) is 11.8. The molecule has 1 N–H and O–H groups in total. The molecule has 3 rings (SSSR count). The number of carbonyl (C=O) groups is 2. The van der Waals surface area contributed by atoms with Gasteiger partial charge in [0.25, 0.3) is 0 Å². The smallest absolute Gasteiger partial charge is 0.333 e. The predicted octanol–water partition coefficient (Wildman–Crippen LogP) is 3.52. The first-order valence-corrected chi connectivity index (χ1v) is 9.78. The van der Waals surface area contributed by atoms with Crippen molar-refractivity contribution in [3.8, 4) is 11.4 Å². The number of aromatic nitrogens is 2. The summed E-state index contributed by atoms with van der Waals surface area (Å²) in [5.41, 5.74) is 1.51. The van der Waals surface area contributed by atoms with Crippen LogP contribution in [0.2, 0.25) is 0 Å². The number of methoxy groups -OCH3 is 1. The highest BCUT2D eigenvalue weighted by atomic mass is 79.9. The minimum absolute atomic E-state index is 0.106. The Labute approximate surface area is 167 Å². The minimum Gasteiger partial charge on any atom is -0.467 e. The van der Waals surface area contributed by atoms with Crippen molar-refractivity contribution in [2.75, 3.05) is 7.11 Å². The van der Waals surface area contributed by atoms with Gasteiger partial charge in [-0.15, -0.1) is 0 Å². The number of ether oxygens (including phenoxy) is 1. The summed E-state index contributed by atoms with van der Waals surface area (Å²) < 4.78 is 10.9. The monoisotopic (exact) mass is 449 g/mol. The van der Waals surface area contributed by atoms with Crippen molar-refractivity contribution in [3.05, 3.63) is 57.0 Å². The quantitative estimate of drug-likeness (QED) is 0.554. The van der Waals surface area contributed by atoms with Gasteiger partial charge in [-0.25, -0.2) is 4.79 Å². The van der Waals surface area contributed by atoms with E-state index in [0.29, 0.717) is 17.3 Å². The minimum atomic E-state index is -0.875. The lowest BCUT2D eigenvalue weighted by Gasteiger charge is -2.16. The Morgan fingerprint density at radius 3 is 2.74 bits per heavy atom. The summed E-state index contributed by atoms with van der Waals surface area (Å²) in [6, 6.07) is 8.10. The number of aryl methyl sites for hydroxylation is 1. The van der Waals surface area contributed by atoms with Gasteiger partial charge in [0.1, 0.15) is 0 Å². The van der Waals surface area contributed by atoms with E-state index in [4.69, 9.17) is 9.26 Å². The third kappa shape index (κ3) is 5.01. The maximum Gasteiger partial charge on any atom is 0.333 e. The van der Waals surface area contributed by atoms with Crippen LogP contribution in [0.4, 0.5) is 0 Å². The molecule has 1 atom stereocenters. The van der Waals surface area contributed by atoms with Gasteiger partial charge in [0.05, 0.1) is 7.11 Å². The number of thiophene rings is 1. The zero-order valence-corrected chi connectivity index (χ0v) is 16.7. The third-order valence-electron chi connectivity index (χ3n) is 3.76. The zero-order valence-electron chi connectivity index (χ0n) is 14.3. The average molecular weight is 450 g/mol. The van der Waals surface area contributed by atoms with Crippen molar-refractivity contribution >= 4 is 39.1 Å². The van der Waals surface area contributed by atoms with Crippen molar-refractivity contribution < 1.29 is 18.8 Å².